The number of hydrogen-bond donors (Lipinski definition) is 2. The van der Waals surface area contributed by atoms with Crippen molar-refractivity contribution in [1.82, 2.24) is 15.5 Å². The minimum absolute atomic E-state index is 0.119. The van der Waals surface area contributed by atoms with Gasteiger partial charge in [-0.2, -0.15) is 0 Å². The third kappa shape index (κ3) is 6.01. The van der Waals surface area contributed by atoms with Crippen molar-refractivity contribution in [3.05, 3.63) is 0 Å². The summed E-state index contributed by atoms with van der Waals surface area (Å²) in [5.41, 5.74) is 0. The van der Waals surface area contributed by atoms with E-state index in [1.807, 2.05) is 13.8 Å². The van der Waals surface area contributed by atoms with Crippen LogP contribution in [0.4, 0.5) is 0 Å². The molecule has 21 heavy (non-hydrogen) atoms. The Morgan fingerprint density at radius 3 is 2.62 bits per heavy atom. The smallest absolute Gasteiger partial charge is 0.328 e. The molecule has 0 spiro atoms. The van der Waals surface area contributed by atoms with Gasteiger partial charge in [-0.05, 0) is 26.2 Å². The SMILES string of the molecule is COC(=O)C(CC(C)C)NC(=O)CN1CC(C)NCC1C. The summed E-state index contributed by atoms with van der Waals surface area (Å²) >= 11 is 0. The van der Waals surface area contributed by atoms with E-state index >= 15 is 0 Å². The molecule has 1 amide bonds. The second-order valence-electron chi connectivity index (χ2n) is 6.36. The molecule has 0 bridgehead atoms. The van der Waals surface area contributed by atoms with E-state index in [2.05, 4.69) is 29.4 Å². The molecule has 2 N–H and O–H groups in total. The van der Waals surface area contributed by atoms with E-state index in [0.29, 0.717) is 31.0 Å². The number of ether oxygens (including phenoxy) is 1. The van der Waals surface area contributed by atoms with Gasteiger partial charge in [0.25, 0.3) is 0 Å². The number of carbonyl (C=O) groups excluding carboxylic acids is 2. The van der Waals surface area contributed by atoms with E-state index < -0.39 is 6.04 Å². The second-order valence-corrected chi connectivity index (χ2v) is 6.36. The summed E-state index contributed by atoms with van der Waals surface area (Å²) in [5.74, 6) is -0.182. The number of methoxy groups -OCH3 is 1. The van der Waals surface area contributed by atoms with E-state index in [9.17, 15) is 9.59 Å². The zero-order chi connectivity index (χ0) is 16.0. The maximum Gasteiger partial charge on any atom is 0.328 e. The van der Waals surface area contributed by atoms with Crippen molar-refractivity contribution in [2.24, 2.45) is 5.92 Å². The van der Waals surface area contributed by atoms with Crippen LogP contribution >= 0.6 is 0 Å². The molecule has 3 atom stereocenters. The molecule has 1 fully saturated rings. The molecule has 1 aliphatic heterocycles. The number of piperazine rings is 1. The van der Waals surface area contributed by atoms with Gasteiger partial charge in [0.15, 0.2) is 0 Å². The molecular weight excluding hydrogens is 270 g/mol. The van der Waals surface area contributed by atoms with Crippen LogP contribution in [0.5, 0.6) is 0 Å². The maximum atomic E-state index is 12.2. The molecule has 1 saturated heterocycles. The molecule has 0 aromatic heterocycles. The van der Waals surface area contributed by atoms with Crippen molar-refractivity contribution < 1.29 is 14.3 Å². The van der Waals surface area contributed by atoms with Crippen LogP contribution in [-0.2, 0) is 14.3 Å². The van der Waals surface area contributed by atoms with Crippen LogP contribution in [0.1, 0.15) is 34.1 Å². The third-order valence-corrected chi connectivity index (χ3v) is 3.77. The minimum Gasteiger partial charge on any atom is -0.467 e. The van der Waals surface area contributed by atoms with Gasteiger partial charge in [-0.15, -0.1) is 0 Å². The van der Waals surface area contributed by atoms with E-state index in [1.54, 1.807) is 0 Å². The highest BCUT2D eigenvalue weighted by molar-refractivity contribution is 5.85. The van der Waals surface area contributed by atoms with Crippen molar-refractivity contribution >= 4 is 11.9 Å². The van der Waals surface area contributed by atoms with E-state index in [4.69, 9.17) is 4.74 Å². The van der Waals surface area contributed by atoms with Gasteiger partial charge in [0.2, 0.25) is 5.91 Å². The molecule has 1 heterocycles. The van der Waals surface area contributed by atoms with Crippen LogP contribution in [0, 0.1) is 5.92 Å². The number of nitrogens with zero attached hydrogens (tertiary/aromatic N) is 1. The first-order chi connectivity index (χ1) is 9.83. The van der Waals surface area contributed by atoms with Crippen LogP contribution in [0.15, 0.2) is 0 Å². The zero-order valence-electron chi connectivity index (χ0n) is 13.8. The number of amides is 1. The molecule has 6 nitrogen and oxygen atoms in total. The van der Waals surface area contributed by atoms with E-state index in [0.717, 1.165) is 13.1 Å². The summed E-state index contributed by atoms with van der Waals surface area (Å²) in [5, 5.41) is 6.19. The number of esters is 1. The Morgan fingerprint density at radius 1 is 1.38 bits per heavy atom. The number of rotatable bonds is 6. The first-order valence-electron chi connectivity index (χ1n) is 7.68. The highest BCUT2D eigenvalue weighted by atomic mass is 16.5. The minimum atomic E-state index is -0.557. The van der Waals surface area contributed by atoms with Gasteiger partial charge in [-0.1, -0.05) is 13.8 Å². The Kier molecular flexibility index (Phi) is 7.11. The van der Waals surface area contributed by atoms with Gasteiger partial charge in [0.1, 0.15) is 6.04 Å². The number of carbonyl (C=O) groups is 2. The summed E-state index contributed by atoms with van der Waals surface area (Å²) in [6, 6.07) is 0.132. The molecular formula is C15H29N3O3. The Bertz CT molecular complexity index is 360. The summed E-state index contributed by atoms with van der Waals surface area (Å²) in [4.78, 5) is 26.1. The van der Waals surface area contributed by atoms with Crippen molar-refractivity contribution in [3.63, 3.8) is 0 Å². The Hall–Kier alpha value is -1.14. The van der Waals surface area contributed by atoms with Gasteiger partial charge in [0, 0.05) is 25.2 Å². The lowest BCUT2D eigenvalue weighted by atomic mass is 10.0. The van der Waals surface area contributed by atoms with Crippen molar-refractivity contribution in [2.45, 2.75) is 52.2 Å². The molecule has 1 rings (SSSR count). The third-order valence-electron chi connectivity index (χ3n) is 3.77. The Morgan fingerprint density at radius 2 is 2.05 bits per heavy atom. The van der Waals surface area contributed by atoms with Gasteiger partial charge in [-0.3, -0.25) is 9.69 Å². The predicted molar refractivity (Wildman–Crippen MR) is 81.9 cm³/mol. The van der Waals surface area contributed by atoms with Gasteiger partial charge in [0.05, 0.1) is 13.7 Å². The second kappa shape index (κ2) is 8.34. The first-order valence-corrected chi connectivity index (χ1v) is 7.68. The van der Waals surface area contributed by atoms with E-state index in [-0.39, 0.29) is 11.9 Å². The summed E-state index contributed by atoms with van der Waals surface area (Å²) < 4.78 is 4.77. The Labute approximate surface area is 127 Å². The van der Waals surface area contributed by atoms with Gasteiger partial charge >= 0.3 is 5.97 Å². The normalized spacial score (nSPS) is 24.7. The monoisotopic (exact) mass is 299 g/mol. The topological polar surface area (TPSA) is 70.7 Å². The lowest BCUT2D eigenvalue weighted by Gasteiger charge is -2.37. The highest BCUT2D eigenvalue weighted by Crippen LogP contribution is 2.08. The molecule has 0 radical (unpaired) electrons. The number of hydrogen-bond acceptors (Lipinski definition) is 5. The largest absolute Gasteiger partial charge is 0.467 e. The fourth-order valence-electron chi connectivity index (χ4n) is 2.57. The van der Waals surface area contributed by atoms with Crippen LogP contribution in [0.25, 0.3) is 0 Å². The summed E-state index contributed by atoms with van der Waals surface area (Å²) in [6.45, 7) is 10.3. The molecule has 6 heteroatoms. The average Bonchev–Trinajstić information content (AvgIpc) is 2.40. The summed E-state index contributed by atoms with van der Waals surface area (Å²) in [6.07, 6.45) is 0.589. The highest BCUT2D eigenvalue weighted by Gasteiger charge is 2.27. The van der Waals surface area contributed by atoms with Crippen molar-refractivity contribution in [2.75, 3.05) is 26.7 Å². The Balaban J connectivity index is 2.54. The van der Waals surface area contributed by atoms with E-state index in [1.165, 1.54) is 7.11 Å². The fraction of sp³-hybridized carbons (Fsp3) is 0.867. The quantitative estimate of drug-likeness (QED) is 0.694. The molecule has 0 saturated carbocycles. The van der Waals surface area contributed by atoms with Gasteiger partial charge in [-0.25, -0.2) is 4.79 Å². The van der Waals surface area contributed by atoms with Crippen LogP contribution in [0.2, 0.25) is 0 Å². The predicted octanol–water partition coefficient (Wildman–Crippen LogP) is 0.373. The lowest BCUT2D eigenvalue weighted by molar-refractivity contribution is -0.145. The average molecular weight is 299 g/mol. The summed E-state index contributed by atoms with van der Waals surface area (Å²) in [7, 11) is 1.35. The van der Waals surface area contributed by atoms with Crippen LogP contribution in [-0.4, -0.2) is 61.6 Å². The first kappa shape index (κ1) is 17.9. The molecule has 3 unspecified atom stereocenters. The van der Waals surface area contributed by atoms with Crippen LogP contribution in [0.3, 0.4) is 0 Å². The molecule has 0 aromatic rings. The molecule has 0 aromatic carbocycles. The number of nitrogens with one attached hydrogen (secondary N) is 2. The fourth-order valence-corrected chi connectivity index (χ4v) is 2.57. The van der Waals surface area contributed by atoms with Crippen molar-refractivity contribution in [1.29, 1.82) is 0 Å². The van der Waals surface area contributed by atoms with Crippen LogP contribution < -0.4 is 10.6 Å². The van der Waals surface area contributed by atoms with Gasteiger partial charge < -0.3 is 15.4 Å². The van der Waals surface area contributed by atoms with Crippen molar-refractivity contribution in [3.8, 4) is 0 Å². The molecule has 122 valence electrons. The molecule has 1 aliphatic rings. The standard InChI is InChI=1S/C15H29N3O3/c1-10(2)6-13(15(20)21-5)17-14(19)9-18-8-11(3)16-7-12(18)4/h10-13,16H,6-9H2,1-5H3,(H,17,19). The lowest BCUT2D eigenvalue weighted by Crippen LogP contribution is -2.57. The molecule has 0 aliphatic carbocycles. The zero-order valence-corrected chi connectivity index (χ0v) is 13.8. The maximum absolute atomic E-state index is 12.2.